The molecule has 0 amide bonds. The van der Waals surface area contributed by atoms with Crippen LogP contribution < -0.4 is 5.46 Å². The normalized spacial score (nSPS) is 9.82. The fourth-order valence-corrected chi connectivity index (χ4v) is 1.45. The Balaban J connectivity index is 3.25. The maximum atomic E-state index is 8.82. The summed E-state index contributed by atoms with van der Waals surface area (Å²) in [5.41, 5.74) is 2.85. The Morgan fingerprint density at radius 1 is 1.27 bits per heavy atom. The summed E-state index contributed by atoms with van der Waals surface area (Å²) in [6.45, 7) is 3.84. The summed E-state index contributed by atoms with van der Waals surface area (Å²) in [6, 6.07) is 3.66. The van der Waals surface area contributed by atoms with E-state index in [0.29, 0.717) is 5.02 Å². The maximum Gasteiger partial charge on any atom is 0.327 e. The summed E-state index contributed by atoms with van der Waals surface area (Å²) in [7, 11) is 1.11. The summed E-state index contributed by atoms with van der Waals surface area (Å²) in [5, 5.41) is 9.54. The van der Waals surface area contributed by atoms with E-state index in [1.807, 2.05) is 26.0 Å². The minimum absolute atomic E-state index is 0.714. The Labute approximate surface area is 72.3 Å². The van der Waals surface area contributed by atoms with Crippen LogP contribution in [0.25, 0.3) is 0 Å². The second-order valence-corrected chi connectivity index (χ2v) is 3.02. The lowest BCUT2D eigenvalue weighted by atomic mass is 9.81. The molecule has 0 atom stereocenters. The van der Waals surface area contributed by atoms with Crippen LogP contribution in [-0.4, -0.2) is 12.5 Å². The van der Waals surface area contributed by atoms with Gasteiger partial charge in [0.2, 0.25) is 0 Å². The number of aryl methyl sites for hydroxylation is 2. The van der Waals surface area contributed by atoms with Crippen LogP contribution in [0, 0.1) is 13.8 Å². The van der Waals surface area contributed by atoms with Crippen LogP contribution in [0.4, 0.5) is 0 Å². The van der Waals surface area contributed by atoms with E-state index < -0.39 is 0 Å². The highest BCUT2D eigenvalue weighted by Crippen LogP contribution is 2.11. The molecule has 0 unspecified atom stereocenters. The lowest BCUT2D eigenvalue weighted by Gasteiger charge is -2.05. The molecule has 1 rings (SSSR count). The number of hydrogen-bond donors (Lipinski definition) is 1. The molecule has 1 N–H and O–H groups in total. The Morgan fingerprint density at radius 2 is 1.73 bits per heavy atom. The minimum Gasteiger partial charge on any atom is -0.450 e. The van der Waals surface area contributed by atoms with Crippen LogP contribution in [-0.2, 0) is 0 Å². The molecule has 0 bridgehead atoms. The van der Waals surface area contributed by atoms with E-state index in [1.165, 1.54) is 0 Å². The lowest BCUT2D eigenvalue weighted by Crippen LogP contribution is -2.20. The summed E-state index contributed by atoms with van der Waals surface area (Å²) < 4.78 is 0. The van der Waals surface area contributed by atoms with Gasteiger partial charge in [-0.2, -0.15) is 0 Å². The molecule has 0 spiro atoms. The van der Waals surface area contributed by atoms with Gasteiger partial charge >= 0.3 is 7.48 Å². The Kier molecular flexibility index (Phi) is 2.58. The van der Waals surface area contributed by atoms with Crippen LogP contribution >= 0.6 is 11.6 Å². The summed E-state index contributed by atoms with van der Waals surface area (Å²) in [4.78, 5) is 0. The first kappa shape index (κ1) is 8.63. The summed E-state index contributed by atoms with van der Waals surface area (Å²) in [5.74, 6) is 0. The zero-order chi connectivity index (χ0) is 8.43. The second-order valence-electron chi connectivity index (χ2n) is 2.58. The lowest BCUT2D eigenvalue weighted by molar-refractivity contribution is 0.615. The van der Waals surface area contributed by atoms with Gasteiger partial charge in [0, 0.05) is 5.02 Å². The predicted molar refractivity (Wildman–Crippen MR) is 48.5 cm³/mol. The molecule has 57 valence electrons. The number of hydrogen-bond acceptors (Lipinski definition) is 1. The zero-order valence-corrected chi connectivity index (χ0v) is 7.31. The Hall–Kier alpha value is -0.465. The fourth-order valence-electron chi connectivity index (χ4n) is 1.13. The van der Waals surface area contributed by atoms with Gasteiger partial charge in [-0.05, 0) is 31.4 Å². The van der Waals surface area contributed by atoms with Crippen LogP contribution in [0.1, 0.15) is 11.1 Å². The average molecular weight is 167 g/mol. The predicted octanol–water partition coefficient (Wildman–Crippen LogP) is 1.19. The number of rotatable bonds is 1. The van der Waals surface area contributed by atoms with E-state index in [4.69, 9.17) is 16.6 Å². The van der Waals surface area contributed by atoms with Gasteiger partial charge in [-0.15, -0.1) is 0 Å². The first-order valence-electron chi connectivity index (χ1n) is 3.39. The van der Waals surface area contributed by atoms with Crippen molar-refractivity contribution < 1.29 is 5.02 Å². The van der Waals surface area contributed by atoms with Crippen molar-refractivity contribution in [1.29, 1.82) is 0 Å². The molecule has 0 fully saturated rings. The van der Waals surface area contributed by atoms with E-state index in [0.717, 1.165) is 24.1 Å². The molecule has 0 saturated heterocycles. The Bertz CT molecular complexity index is 250. The summed E-state index contributed by atoms with van der Waals surface area (Å²) in [6.07, 6.45) is 0. The molecule has 1 nitrogen and oxygen atoms in total. The molecule has 0 heterocycles. The fraction of sp³-hybridized carbons (Fsp3) is 0.250. The molecule has 1 aromatic carbocycles. The quantitative estimate of drug-likeness (QED) is 0.623. The third-order valence-electron chi connectivity index (χ3n) is 1.69. The first-order valence-corrected chi connectivity index (χ1v) is 3.77. The number of benzene rings is 1. The molecular formula is C8H9BClO. The van der Waals surface area contributed by atoms with Gasteiger partial charge < -0.3 is 5.02 Å². The van der Waals surface area contributed by atoms with Crippen LogP contribution in [0.2, 0.25) is 5.02 Å². The monoisotopic (exact) mass is 167 g/mol. The van der Waals surface area contributed by atoms with E-state index in [1.54, 1.807) is 0 Å². The molecule has 3 heteroatoms. The smallest absolute Gasteiger partial charge is 0.327 e. The van der Waals surface area contributed by atoms with Gasteiger partial charge in [0.05, 0.1) is 0 Å². The molecule has 0 aliphatic rings. The van der Waals surface area contributed by atoms with Gasteiger partial charge in [0.25, 0.3) is 0 Å². The molecule has 0 aliphatic carbocycles. The van der Waals surface area contributed by atoms with E-state index in [2.05, 4.69) is 0 Å². The third-order valence-corrected chi connectivity index (χ3v) is 1.91. The van der Waals surface area contributed by atoms with Gasteiger partial charge in [-0.25, -0.2) is 0 Å². The van der Waals surface area contributed by atoms with Crippen molar-refractivity contribution in [3.8, 4) is 0 Å². The topological polar surface area (TPSA) is 20.2 Å². The second kappa shape index (κ2) is 3.29. The van der Waals surface area contributed by atoms with Crippen molar-refractivity contribution in [3.63, 3.8) is 0 Å². The average Bonchev–Trinajstić information content (AvgIpc) is 1.85. The molecular weight excluding hydrogens is 158 g/mol. The molecule has 0 aliphatic heterocycles. The first-order chi connectivity index (χ1) is 5.15. The van der Waals surface area contributed by atoms with Crippen molar-refractivity contribution in [2.24, 2.45) is 0 Å². The highest BCUT2D eigenvalue weighted by atomic mass is 35.5. The standard InChI is InChI=1S/C8H9BClO/c1-5-3-7(10)4-6(2)8(5)9-11/h3-4,11H,1-2H3. The minimum atomic E-state index is 0.714. The summed E-state index contributed by atoms with van der Waals surface area (Å²) >= 11 is 5.78. The van der Waals surface area contributed by atoms with Gasteiger partial charge in [0.1, 0.15) is 0 Å². The molecule has 0 saturated carbocycles. The van der Waals surface area contributed by atoms with E-state index >= 15 is 0 Å². The maximum absolute atomic E-state index is 8.82. The highest BCUT2D eigenvalue weighted by Gasteiger charge is 2.03. The SMILES string of the molecule is Cc1cc(Cl)cc(C)c1[B]O. The zero-order valence-electron chi connectivity index (χ0n) is 6.56. The van der Waals surface area contributed by atoms with Crippen LogP contribution in [0.5, 0.6) is 0 Å². The van der Waals surface area contributed by atoms with Crippen molar-refractivity contribution in [2.45, 2.75) is 13.8 Å². The Morgan fingerprint density at radius 3 is 2.09 bits per heavy atom. The van der Waals surface area contributed by atoms with Crippen LogP contribution in [0.3, 0.4) is 0 Å². The molecule has 11 heavy (non-hydrogen) atoms. The largest absolute Gasteiger partial charge is 0.450 e. The third kappa shape index (κ3) is 1.76. The van der Waals surface area contributed by atoms with Crippen molar-refractivity contribution >= 4 is 24.5 Å². The number of halogens is 1. The van der Waals surface area contributed by atoms with Gasteiger partial charge in [0.15, 0.2) is 0 Å². The van der Waals surface area contributed by atoms with Gasteiger partial charge in [-0.3, -0.25) is 0 Å². The van der Waals surface area contributed by atoms with Crippen molar-refractivity contribution in [1.82, 2.24) is 0 Å². The van der Waals surface area contributed by atoms with E-state index in [9.17, 15) is 0 Å². The van der Waals surface area contributed by atoms with E-state index in [-0.39, 0.29) is 0 Å². The highest BCUT2D eigenvalue weighted by molar-refractivity contribution is 6.47. The van der Waals surface area contributed by atoms with Crippen molar-refractivity contribution in [2.75, 3.05) is 0 Å². The van der Waals surface area contributed by atoms with Crippen LogP contribution in [0.15, 0.2) is 12.1 Å². The van der Waals surface area contributed by atoms with Gasteiger partial charge in [-0.1, -0.05) is 22.7 Å². The van der Waals surface area contributed by atoms with Crippen molar-refractivity contribution in [3.05, 3.63) is 28.3 Å². The molecule has 0 aromatic heterocycles. The molecule has 1 radical (unpaired) electrons. The molecule has 1 aromatic rings.